The number of benzene rings is 1. The monoisotopic (exact) mass is 323 g/mol. The second kappa shape index (κ2) is 6.20. The van der Waals surface area contributed by atoms with E-state index in [9.17, 15) is 0 Å². The minimum Gasteiger partial charge on any atom is -0.370 e. The molecule has 1 saturated heterocycles. The Hall–Kier alpha value is -2.47. The SMILES string of the molecule is CC(C)c1cc(N2CC(OCc3ccccc3)C2)c2nncn2n1. The van der Waals surface area contributed by atoms with Crippen molar-refractivity contribution in [2.45, 2.75) is 32.5 Å². The van der Waals surface area contributed by atoms with E-state index in [-0.39, 0.29) is 6.10 Å². The van der Waals surface area contributed by atoms with Crippen LogP contribution in [0.1, 0.15) is 31.0 Å². The number of hydrogen-bond acceptors (Lipinski definition) is 5. The first kappa shape index (κ1) is 15.1. The average Bonchev–Trinajstić information content (AvgIpc) is 3.02. The van der Waals surface area contributed by atoms with Crippen LogP contribution in [0.5, 0.6) is 0 Å². The summed E-state index contributed by atoms with van der Waals surface area (Å²) >= 11 is 0. The van der Waals surface area contributed by atoms with E-state index in [1.165, 1.54) is 5.56 Å². The standard InChI is InChI=1S/C18H21N5O/c1-13(2)16-8-17(18-20-19-12-23(18)21-16)22-9-15(10-22)24-11-14-6-4-3-5-7-14/h3-8,12-13,15H,9-11H2,1-2H3. The van der Waals surface area contributed by atoms with Crippen molar-refractivity contribution in [1.29, 1.82) is 0 Å². The lowest BCUT2D eigenvalue weighted by Crippen LogP contribution is -2.52. The Morgan fingerprint density at radius 1 is 1.21 bits per heavy atom. The van der Waals surface area contributed by atoms with Crippen LogP contribution in [0, 0.1) is 0 Å². The van der Waals surface area contributed by atoms with E-state index in [4.69, 9.17) is 4.74 Å². The van der Waals surface area contributed by atoms with E-state index >= 15 is 0 Å². The molecule has 124 valence electrons. The third-order valence-electron chi connectivity index (χ3n) is 4.38. The Bertz CT molecular complexity index is 824. The highest BCUT2D eigenvalue weighted by molar-refractivity contribution is 5.69. The van der Waals surface area contributed by atoms with E-state index in [1.54, 1.807) is 10.8 Å². The van der Waals surface area contributed by atoms with Gasteiger partial charge in [0.15, 0.2) is 0 Å². The summed E-state index contributed by atoms with van der Waals surface area (Å²) in [5.41, 5.74) is 4.15. The van der Waals surface area contributed by atoms with Gasteiger partial charge < -0.3 is 9.64 Å². The lowest BCUT2D eigenvalue weighted by molar-refractivity contribution is 0.0225. The van der Waals surface area contributed by atoms with Gasteiger partial charge in [-0.1, -0.05) is 44.2 Å². The van der Waals surface area contributed by atoms with E-state index < -0.39 is 0 Å². The predicted molar refractivity (Wildman–Crippen MR) is 92.1 cm³/mol. The molecule has 1 aromatic carbocycles. The Kier molecular flexibility index (Phi) is 3.90. The minimum absolute atomic E-state index is 0.254. The van der Waals surface area contributed by atoms with Crippen LogP contribution in [0.25, 0.3) is 5.65 Å². The summed E-state index contributed by atoms with van der Waals surface area (Å²) < 4.78 is 7.75. The van der Waals surface area contributed by atoms with Crippen LogP contribution < -0.4 is 4.90 Å². The van der Waals surface area contributed by atoms with E-state index in [1.807, 2.05) is 18.2 Å². The molecule has 6 nitrogen and oxygen atoms in total. The zero-order valence-corrected chi connectivity index (χ0v) is 14.0. The molecule has 1 aliphatic rings. The second-order valence-corrected chi connectivity index (χ2v) is 6.53. The zero-order valence-electron chi connectivity index (χ0n) is 14.0. The van der Waals surface area contributed by atoms with E-state index in [0.29, 0.717) is 12.5 Å². The lowest BCUT2D eigenvalue weighted by atomic mass is 10.1. The molecule has 1 aliphatic heterocycles. The van der Waals surface area contributed by atoms with Crippen molar-refractivity contribution in [3.05, 3.63) is 54.0 Å². The molecule has 0 unspecified atom stereocenters. The first-order valence-electron chi connectivity index (χ1n) is 8.32. The summed E-state index contributed by atoms with van der Waals surface area (Å²) in [4.78, 5) is 2.28. The lowest BCUT2D eigenvalue weighted by Gasteiger charge is -2.40. The molecule has 6 heteroatoms. The minimum atomic E-state index is 0.254. The number of rotatable bonds is 5. The van der Waals surface area contributed by atoms with Gasteiger partial charge in [-0.15, -0.1) is 10.2 Å². The Morgan fingerprint density at radius 2 is 2.00 bits per heavy atom. The molecule has 1 fully saturated rings. The molecule has 4 rings (SSSR count). The summed E-state index contributed by atoms with van der Waals surface area (Å²) in [5.74, 6) is 0.363. The highest BCUT2D eigenvalue weighted by atomic mass is 16.5. The maximum Gasteiger partial charge on any atom is 0.200 e. The van der Waals surface area contributed by atoms with Gasteiger partial charge in [-0.05, 0) is 17.5 Å². The highest BCUT2D eigenvalue weighted by Gasteiger charge is 2.30. The maximum absolute atomic E-state index is 5.99. The molecular weight excluding hydrogens is 302 g/mol. The van der Waals surface area contributed by atoms with Crippen LogP contribution in [0.15, 0.2) is 42.7 Å². The fraction of sp³-hybridized carbons (Fsp3) is 0.389. The van der Waals surface area contributed by atoms with Crippen LogP contribution >= 0.6 is 0 Å². The molecule has 0 N–H and O–H groups in total. The molecule has 0 atom stereocenters. The molecule has 0 bridgehead atoms. The third-order valence-corrected chi connectivity index (χ3v) is 4.38. The molecule has 0 radical (unpaired) electrons. The Balaban J connectivity index is 1.45. The van der Waals surface area contributed by atoms with Crippen molar-refractivity contribution in [3.63, 3.8) is 0 Å². The van der Waals surface area contributed by atoms with Gasteiger partial charge in [0.05, 0.1) is 24.1 Å². The number of fused-ring (bicyclic) bond motifs is 1. The summed E-state index contributed by atoms with van der Waals surface area (Å²) in [6.45, 7) is 6.69. The van der Waals surface area contributed by atoms with Crippen molar-refractivity contribution in [3.8, 4) is 0 Å². The maximum atomic E-state index is 5.99. The number of ether oxygens (including phenoxy) is 1. The number of hydrogen-bond donors (Lipinski definition) is 0. The van der Waals surface area contributed by atoms with Gasteiger partial charge in [-0.25, -0.2) is 0 Å². The van der Waals surface area contributed by atoms with Crippen LogP contribution in [-0.4, -0.2) is 39.0 Å². The van der Waals surface area contributed by atoms with E-state index in [2.05, 4.69) is 52.2 Å². The largest absolute Gasteiger partial charge is 0.370 e. The quantitative estimate of drug-likeness (QED) is 0.722. The third kappa shape index (κ3) is 2.85. The van der Waals surface area contributed by atoms with Crippen molar-refractivity contribution in [2.75, 3.05) is 18.0 Å². The number of nitrogens with zero attached hydrogens (tertiary/aromatic N) is 5. The topological polar surface area (TPSA) is 55.5 Å². The van der Waals surface area contributed by atoms with Gasteiger partial charge in [0.25, 0.3) is 0 Å². The van der Waals surface area contributed by atoms with Crippen molar-refractivity contribution < 1.29 is 4.74 Å². The molecule has 3 heterocycles. The molecule has 0 aliphatic carbocycles. The van der Waals surface area contributed by atoms with Crippen LogP contribution in [0.2, 0.25) is 0 Å². The van der Waals surface area contributed by atoms with Gasteiger partial charge in [0.1, 0.15) is 6.33 Å². The molecule has 3 aromatic rings. The van der Waals surface area contributed by atoms with Gasteiger partial charge in [0.2, 0.25) is 5.65 Å². The van der Waals surface area contributed by atoms with Crippen molar-refractivity contribution >= 4 is 11.3 Å². The highest BCUT2D eigenvalue weighted by Crippen LogP contribution is 2.28. The van der Waals surface area contributed by atoms with Gasteiger partial charge in [-0.2, -0.15) is 9.61 Å². The van der Waals surface area contributed by atoms with E-state index in [0.717, 1.165) is 30.1 Å². The number of anilines is 1. The molecular formula is C18H21N5O. The average molecular weight is 323 g/mol. The molecule has 0 amide bonds. The second-order valence-electron chi connectivity index (χ2n) is 6.53. The smallest absolute Gasteiger partial charge is 0.200 e. The van der Waals surface area contributed by atoms with Gasteiger partial charge in [0, 0.05) is 13.1 Å². The summed E-state index contributed by atoms with van der Waals surface area (Å²) in [7, 11) is 0. The van der Waals surface area contributed by atoms with Crippen molar-refractivity contribution in [2.24, 2.45) is 0 Å². The van der Waals surface area contributed by atoms with Crippen molar-refractivity contribution in [1.82, 2.24) is 19.8 Å². The summed E-state index contributed by atoms with van der Waals surface area (Å²) in [6, 6.07) is 12.4. The Morgan fingerprint density at radius 3 is 2.75 bits per heavy atom. The molecule has 0 spiro atoms. The van der Waals surface area contributed by atoms with Crippen LogP contribution in [-0.2, 0) is 11.3 Å². The fourth-order valence-electron chi connectivity index (χ4n) is 2.87. The summed E-state index contributed by atoms with van der Waals surface area (Å²) in [5, 5.41) is 12.8. The Labute approximate surface area is 141 Å². The van der Waals surface area contributed by atoms with Gasteiger partial charge >= 0.3 is 0 Å². The normalized spacial score (nSPS) is 15.2. The molecule has 2 aromatic heterocycles. The summed E-state index contributed by atoms with van der Waals surface area (Å²) in [6.07, 6.45) is 1.91. The van der Waals surface area contributed by atoms with Gasteiger partial charge in [-0.3, -0.25) is 0 Å². The number of aromatic nitrogens is 4. The molecule has 24 heavy (non-hydrogen) atoms. The first-order valence-corrected chi connectivity index (χ1v) is 8.32. The molecule has 0 saturated carbocycles. The fourth-order valence-corrected chi connectivity index (χ4v) is 2.87. The first-order chi connectivity index (χ1) is 11.7. The predicted octanol–water partition coefficient (Wildman–Crippen LogP) is 2.65. The van der Waals surface area contributed by atoms with Crippen LogP contribution in [0.4, 0.5) is 5.69 Å². The van der Waals surface area contributed by atoms with Crippen LogP contribution in [0.3, 0.4) is 0 Å². The zero-order chi connectivity index (χ0) is 16.5.